The summed E-state index contributed by atoms with van der Waals surface area (Å²) >= 11 is 0. The van der Waals surface area contributed by atoms with Crippen LogP contribution in [0, 0.1) is 0 Å². The molecule has 3 N–H and O–H groups in total. The van der Waals surface area contributed by atoms with Gasteiger partial charge in [0.15, 0.2) is 6.10 Å². The number of cyclic esters (lactones) is 1. The first-order valence-electron chi connectivity index (χ1n) is 6.08. The lowest BCUT2D eigenvalue weighted by molar-refractivity contribution is -0.0103. The maximum absolute atomic E-state index is 11.8. The molecule has 0 saturated carbocycles. The highest BCUT2D eigenvalue weighted by molar-refractivity contribution is 5.97. The number of fused-ring (bicyclic) bond motifs is 1. The van der Waals surface area contributed by atoms with Gasteiger partial charge in [0, 0.05) is 11.6 Å². The Morgan fingerprint density at radius 1 is 1.10 bits per heavy atom. The lowest BCUT2D eigenvalue weighted by Crippen LogP contribution is -2.10. The van der Waals surface area contributed by atoms with Crippen LogP contribution in [0.25, 0.3) is 0 Å². The molecule has 0 aliphatic carbocycles. The van der Waals surface area contributed by atoms with E-state index in [4.69, 9.17) is 4.74 Å². The van der Waals surface area contributed by atoms with E-state index in [1.165, 1.54) is 6.07 Å². The number of hydrogen-bond donors (Lipinski definition) is 3. The standard InChI is InChI=1S/C15H12O5/c16-9-6-10-12(11(17)7-9)15(19)20-14(10)13(18)8-4-2-1-3-5-8/h1-7,13-14,16-18H/t13-,14-/m1/s1. The summed E-state index contributed by atoms with van der Waals surface area (Å²) in [6.45, 7) is 0. The molecule has 3 rings (SSSR count). The second kappa shape index (κ2) is 4.54. The Hall–Kier alpha value is -2.53. The van der Waals surface area contributed by atoms with Crippen LogP contribution in [0.5, 0.6) is 11.5 Å². The zero-order valence-corrected chi connectivity index (χ0v) is 10.4. The van der Waals surface area contributed by atoms with Gasteiger partial charge in [0.05, 0.1) is 0 Å². The van der Waals surface area contributed by atoms with E-state index in [1.807, 2.05) is 6.07 Å². The van der Waals surface area contributed by atoms with E-state index in [0.29, 0.717) is 5.56 Å². The van der Waals surface area contributed by atoms with Crippen LogP contribution in [-0.4, -0.2) is 21.3 Å². The number of hydrogen-bond acceptors (Lipinski definition) is 5. The largest absolute Gasteiger partial charge is 0.508 e. The van der Waals surface area contributed by atoms with Gasteiger partial charge < -0.3 is 20.1 Å². The van der Waals surface area contributed by atoms with Crippen LogP contribution in [0.1, 0.15) is 33.7 Å². The molecule has 20 heavy (non-hydrogen) atoms. The van der Waals surface area contributed by atoms with E-state index in [9.17, 15) is 20.1 Å². The van der Waals surface area contributed by atoms with E-state index in [2.05, 4.69) is 0 Å². The smallest absolute Gasteiger partial charge is 0.343 e. The summed E-state index contributed by atoms with van der Waals surface area (Å²) < 4.78 is 5.12. The van der Waals surface area contributed by atoms with Crippen molar-refractivity contribution in [1.82, 2.24) is 0 Å². The molecule has 0 spiro atoms. The van der Waals surface area contributed by atoms with Crippen LogP contribution in [-0.2, 0) is 4.74 Å². The van der Waals surface area contributed by atoms with Crippen molar-refractivity contribution in [2.24, 2.45) is 0 Å². The SMILES string of the molecule is O=C1O[C@@H]([C@H](O)c2ccccc2)c2cc(O)cc(O)c21. The third-order valence-electron chi connectivity index (χ3n) is 3.31. The summed E-state index contributed by atoms with van der Waals surface area (Å²) in [5.74, 6) is -1.25. The summed E-state index contributed by atoms with van der Waals surface area (Å²) in [4.78, 5) is 11.8. The number of benzene rings is 2. The second-order valence-electron chi connectivity index (χ2n) is 4.61. The molecule has 0 radical (unpaired) electrons. The first-order valence-corrected chi connectivity index (χ1v) is 6.08. The highest BCUT2D eigenvalue weighted by Gasteiger charge is 2.39. The Morgan fingerprint density at radius 2 is 1.80 bits per heavy atom. The normalized spacial score (nSPS) is 18.4. The van der Waals surface area contributed by atoms with Gasteiger partial charge in [-0.1, -0.05) is 30.3 Å². The number of ether oxygens (including phenoxy) is 1. The van der Waals surface area contributed by atoms with Crippen molar-refractivity contribution < 1.29 is 24.9 Å². The van der Waals surface area contributed by atoms with Crippen molar-refractivity contribution in [3.8, 4) is 11.5 Å². The van der Waals surface area contributed by atoms with E-state index >= 15 is 0 Å². The van der Waals surface area contributed by atoms with Gasteiger partial charge in [-0.3, -0.25) is 0 Å². The Bertz CT molecular complexity index is 665. The van der Waals surface area contributed by atoms with Crippen LogP contribution in [0.3, 0.4) is 0 Å². The van der Waals surface area contributed by atoms with Crippen LogP contribution in [0.4, 0.5) is 0 Å². The Balaban J connectivity index is 2.05. The highest BCUT2D eigenvalue weighted by Crippen LogP contribution is 2.44. The molecule has 1 aliphatic heterocycles. The van der Waals surface area contributed by atoms with Crippen molar-refractivity contribution in [3.05, 3.63) is 59.2 Å². The summed E-state index contributed by atoms with van der Waals surface area (Å²) in [5, 5.41) is 29.6. The molecular weight excluding hydrogens is 260 g/mol. The molecule has 5 heteroatoms. The number of phenols is 2. The van der Waals surface area contributed by atoms with Gasteiger partial charge in [-0.25, -0.2) is 4.79 Å². The number of aromatic hydroxyl groups is 2. The fourth-order valence-corrected chi connectivity index (χ4v) is 2.38. The van der Waals surface area contributed by atoms with E-state index in [1.54, 1.807) is 24.3 Å². The number of esters is 1. The molecule has 0 amide bonds. The molecule has 1 heterocycles. The minimum absolute atomic E-state index is 0.0113. The van der Waals surface area contributed by atoms with Crippen molar-refractivity contribution in [2.45, 2.75) is 12.2 Å². The molecular formula is C15H12O5. The monoisotopic (exact) mass is 272 g/mol. The average Bonchev–Trinajstić information content (AvgIpc) is 2.76. The van der Waals surface area contributed by atoms with Crippen LogP contribution >= 0.6 is 0 Å². The van der Waals surface area contributed by atoms with E-state index in [-0.39, 0.29) is 22.6 Å². The molecule has 2 aromatic carbocycles. The first kappa shape index (κ1) is 12.5. The van der Waals surface area contributed by atoms with Gasteiger partial charge >= 0.3 is 5.97 Å². The van der Waals surface area contributed by atoms with Crippen LogP contribution in [0.2, 0.25) is 0 Å². The van der Waals surface area contributed by atoms with Gasteiger partial charge in [0.1, 0.15) is 23.2 Å². The van der Waals surface area contributed by atoms with Crippen molar-refractivity contribution in [3.63, 3.8) is 0 Å². The van der Waals surface area contributed by atoms with Gasteiger partial charge in [0.25, 0.3) is 0 Å². The minimum atomic E-state index is -1.07. The molecule has 5 nitrogen and oxygen atoms in total. The van der Waals surface area contributed by atoms with Crippen LogP contribution in [0.15, 0.2) is 42.5 Å². The van der Waals surface area contributed by atoms with Crippen molar-refractivity contribution >= 4 is 5.97 Å². The Morgan fingerprint density at radius 3 is 2.50 bits per heavy atom. The summed E-state index contributed by atoms with van der Waals surface area (Å²) in [6, 6.07) is 11.1. The third kappa shape index (κ3) is 1.88. The fourth-order valence-electron chi connectivity index (χ4n) is 2.38. The molecule has 2 aromatic rings. The van der Waals surface area contributed by atoms with Crippen molar-refractivity contribution in [2.75, 3.05) is 0 Å². The lowest BCUT2D eigenvalue weighted by atomic mass is 9.96. The maximum Gasteiger partial charge on any atom is 0.343 e. The van der Waals surface area contributed by atoms with Gasteiger partial charge in [-0.15, -0.1) is 0 Å². The molecule has 0 bridgehead atoms. The quantitative estimate of drug-likeness (QED) is 0.728. The third-order valence-corrected chi connectivity index (χ3v) is 3.31. The number of phenolic OH excluding ortho intramolecular Hbond substituents is 2. The Kier molecular flexibility index (Phi) is 2.84. The van der Waals surface area contributed by atoms with E-state index < -0.39 is 18.2 Å². The number of carbonyl (C=O) groups excluding carboxylic acids is 1. The molecule has 2 atom stereocenters. The van der Waals surface area contributed by atoms with Gasteiger partial charge in [0.2, 0.25) is 0 Å². The number of aliphatic hydroxyl groups is 1. The number of carbonyl (C=O) groups is 1. The summed E-state index contributed by atoms with van der Waals surface area (Å²) in [6.07, 6.45) is -2.01. The number of rotatable bonds is 2. The van der Waals surface area contributed by atoms with Crippen molar-refractivity contribution in [1.29, 1.82) is 0 Å². The maximum atomic E-state index is 11.8. The van der Waals surface area contributed by atoms with Gasteiger partial charge in [-0.2, -0.15) is 0 Å². The van der Waals surface area contributed by atoms with Gasteiger partial charge in [-0.05, 0) is 11.6 Å². The fraction of sp³-hybridized carbons (Fsp3) is 0.133. The average molecular weight is 272 g/mol. The molecule has 1 aliphatic rings. The lowest BCUT2D eigenvalue weighted by Gasteiger charge is -2.18. The summed E-state index contributed by atoms with van der Waals surface area (Å²) in [5.41, 5.74) is 0.854. The second-order valence-corrected chi connectivity index (χ2v) is 4.61. The molecule has 0 fully saturated rings. The highest BCUT2D eigenvalue weighted by atomic mass is 16.6. The number of aliphatic hydroxyl groups excluding tert-OH is 1. The molecule has 0 aromatic heterocycles. The molecule has 102 valence electrons. The zero-order valence-electron chi connectivity index (χ0n) is 10.4. The van der Waals surface area contributed by atoms with Crippen LogP contribution < -0.4 is 0 Å². The molecule has 0 unspecified atom stereocenters. The predicted octanol–water partition coefficient (Wildman–Crippen LogP) is 2.04. The molecule has 0 saturated heterocycles. The topological polar surface area (TPSA) is 87.0 Å². The Labute approximate surface area is 114 Å². The summed E-state index contributed by atoms with van der Waals surface area (Å²) in [7, 11) is 0. The predicted molar refractivity (Wildman–Crippen MR) is 69.3 cm³/mol. The first-order chi connectivity index (χ1) is 9.58. The minimum Gasteiger partial charge on any atom is -0.508 e. The van der Waals surface area contributed by atoms with E-state index in [0.717, 1.165) is 6.07 Å². The zero-order chi connectivity index (χ0) is 14.3.